The molecule has 1 aromatic heterocycles. The van der Waals surface area contributed by atoms with Crippen LogP contribution in [0.5, 0.6) is 5.75 Å². The zero-order chi connectivity index (χ0) is 15.1. The summed E-state index contributed by atoms with van der Waals surface area (Å²) >= 11 is 0. The van der Waals surface area contributed by atoms with Crippen molar-refractivity contribution in [3.05, 3.63) is 59.4 Å². The minimum Gasteiger partial charge on any atom is -0.497 e. The number of rotatable bonds is 6. The number of hydrogen-bond donors (Lipinski definition) is 2. The Morgan fingerprint density at radius 2 is 2.19 bits per heavy atom. The first-order chi connectivity index (χ1) is 10.2. The van der Waals surface area contributed by atoms with Gasteiger partial charge in [-0.15, -0.1) is 0 Å². The van der Waals surface area contributed by atoms with Crippen LogP contribution in [0.4, 0.5) is 0 Å². The number of carbonyl (C=O) groups is 1. The lowest BCUT2D eigenvalue weighted by Gasteiger charge is -2.07. The molecule has 110 valence electrons. The molecule has 2 aromatic rings. The maximum absolute atomic E-state index is 12.0. The molecule has 1 aromatic carbocycles. The minimum absolute atomic E-state index is 0.116. The van der Waals surface area contributed by atoms with E-state index in [-0.39, 0.29) is 5.91 Å². The Kier molecular flexibility index (Phi) is 5.29. The smallest absolute Gasteiger partial charge is 0.251 e. The van der Waals surface area contributed by atoms with Crippen LogP contribution in [0, 0.1) is 0 Å². The van der Waals surface area contributed by atoms with E-state index in [4.69, 9.17) is 10.5 Å². The van der Waals surface area contributed by atoms with Crippen LogP contribution in [0.3, 0.4) is 0 Å². The number of amides is 1. The molecule has 0 aliphatic carbocycles. The van der Waals surface area contributed by atoms with E-state index < -0.39 is 0 Å². The van der Waals surface area contributed by atoms with Gasteiger partial charge in [0.25, 0.3) is 5.91 Å². The Bertz CT molecular complexity index is 614. The summed E-state index contributed by atoms with van der Waals surface area (Å²) in [7, 11) is 1.64. The highest BCUT2D eigenvalue weighted by Gasteiger charge is 2.06. The van der Waals surface area contributed by atoms with Crippen molar-refractivity contribution in [2.45, 2.75) is 13.0 Å². The van der Waals surface area contributed by atoms with Gasteiger partial charge < -0.3 is 15.8 Å². The average molecular weight is 285 g/mol. The van der Waals surface area contributed by atoms with Crippen LogP contribution in [0.1, 0.15) is 21.6 Å². The molecule has 2 rings (SSSR count). The normalized spacial score (nSPS) is 10.2. The van der Waals surface area contributed by atoms with Crippen molar-refractivity contribution in [1.82, 2.24) is 10.3 Å². The molecule has 1 heterocycles. The summed E-state index contributed by atoms with van der Waals surface area (Å²) in [5, 5.41) is 2.89. The molecule has 21 heavy (non-hydrogen) atoms. The first kappa shape index (κ1) is 15.0. The van der Waals surface area contributed by atoms with Crippen molar-refractivity contribution in [2.75, 3.05) is 13.7 Å². The van der Waals surface area contributed by atoms with E-state index >= 15 is 0 Å². The molecule has 0 aliphatic heterocycles. The number of nitrogens with zero attached hydrogens (tertiary/aromatic N) is 1. The predicted octanol–water partition coefficient (Wildman–Crippen LogP) is 1.52. The maximum Gasteiger partial charge on any atom is 0.251 e. The van der Waals surface area contributed by atoms with Crippen molar-refractivity contribution in [3.63, 3.8) is 0 Å². The number of carbonyl (C=O) groups excluding carboxylic acids is 1. The van der Waals surface area contributed by atoms with Crippen LogP contribution in [0.15, 0.2) is 42.6 Å². The van der Waals surface area contributed by atoms with Gasteiger partial charge in [-0.05, 0) is 36.2 Å². The first-order valence-corrected chi connectivity index (χ1v) is 6.79. The van der Waals surface area contributed by atoms with E-state index in [1.807, 2.05) is 24.3 Å². The molecule has 0 saturated heterocycles. The minimum atomic E-state index is -0.116. The molecule has 3 N–H and O–H groups in total. The zero-order valence-electron chi connectivity index (χ0n) is 12.0. The lowest BCUT2D eigenvalue weighted by Crippen LogP contribution is -2.26. The number of methoxy groups -OCH3 is 1. The van der Waals surface area contributed by atoms with E-state index in [0.717, 1.165) is 17.7 Å². The Balaban J connectivity index is 1.88. The molecule has 0 atom stereocenters. The topological polar surface area (TPSA) is 77.2 Å². The number of ether oxygens (including phenoxy) is 1. The highest BCUT2D eigenvalue weighted by atomic mass is 16.5. The molecular formula is C16H19N3O2. The highest BCUT2D eigenvalue weighted by Crippen LogP contribution is 2.12. The summed E-state index contributed by atoms with van der Waals surface area (Å²) in [6, 6.07) is 11.2. The van der Waals surface area contributed by atoms with E-state index in [1.165, 1.54) is 0 Å². The van der Waals surface area contributed by atoms with E-state index in [9.17, 15) is 4.79 Å². The van der Waals surface area contributed by atoms with Gasteiger partial charge in [0, 0.05) is 24.8 Å². The van der Waals surface area contributed by atoms with Gasteiger partial charge in [-0.1, -0.05) is 12.1 Å². The van der Waals surface area contributed by atoms with Gasteiger partial charge in [-0.2, -0.15) is 0 Å². The third-order valence-corrected chi connectivity index (χ3v) is 3.12. The second-order valence-corrected chi connectivity index (χ2v) is 4.60. The van der Waals surface area contributed by atoms with Gasteiger partial charge in [0.15, 0.2) is 0 Å². The second-order valence-electron chi connectivity index (χ2n) is 4.60. The Hall–Kier alpha value is -2.40. The Morgan fingerprint density at radius 1 is 1.33 bits per heavy atom. The molecular weight excluding hydrogens is 266 g/mol. The van der Waals surface area contributed by atoms with Crippen molar-refractivity contribution in [2.24, 2.45) is 5.73 Å². The van der Waals surface area contributed by atoms with E-state index in [1.54, 1.807) is 25.4 Å². The van der Waals surface area contributed by atoms with Gasteiger partial charge in [-0.3, -0.25) is 9.78 Å². The summed E-state index contributed by atoms with van der Waals surface area (Å²) < 4.78 is 5.17. The summed E-state index contributed by atoms with van der Waals surface area (Å²) in [4.78, 5) is 16.1. The number of benzene rings is 1. The first-order valence-electron chi connectivity index (χ1n) is 6.79. The van der Waals surface area contributed by atoms with E-state index in [2.05, 4.69) is 10.3 Å². The number of nitrogens with one attached hydrogen (secondary N) is 1. The van der Waals surface area contributed by atoms with Crippen LogP contribution in [-0.4, -0.2) is 24.5 Å². The fraction of sp³-hybridized carbons (Fsp3) is 0.250. The molecule has 0 aliphatic rings. The quantitative estimate of drug-likeness (QED) is 0.843. The van der Waals surface area contributed by atoms with Crippen molar-refractivity contribution < 1.29 is 9.53 Å². The maximum atomic E-state index is 12.0. The molecule has 1 amide bonds. The van der Waals surface area contributed by atoms with E-state index in [0.29, 0.717) is 24.3 Å². The molecule has 0 radical (unpaired) electrons. The van der Waals surface area contributed by atoms with Crippen LogP contribution in [-0.2, 0) is 13.0 Å². The van der Waals surface area contributed by atoms with Crippen LogP contribution in [0.2, 0.25) is 0 Å². The Morgan fingerprint density at radius 3 is 2.95 bits per heavy atom. The lowest BCUT2D eigenvalue weighted by atomic mass is 10.1. The van der Waals surface area contributed by atoms with Gasteiger partial charge >= 0.3 is 0 Å². The van der Waals surface area contributed by atoms with Crippen LogP contribution >= 0.6 is 0 Å². The summed E-state index contributed by atoms with van der Waals surface area (Å²) in [5.74, 6) is 0.704. The Labute approximate surface area is 124 Å². The number of aromatic nitrogens is 1. The van der Waals surface area contributed by atoms with Crippen molar-refractivity contribution in [1.29, 1.82) is 0 Å². The van der Waals surface area contributed by atoms with Crippen LogP contribution < -0.4 is 15.8 Å². The third-order valence-electron chi connectivity index (χ3n) is 3.12. The largest absolute Gasteiger partial charge is 0.497 e. The zero-order valence-corrected chi connectivity index (χ0v) is 12.0. The molecule has 0 unspecified atom stereocenters. The second kappa shape index (κ2) is 7.40. The summed E-state index contributed by atoms with van der Waals surface area (Å²) in [6.07, 6.45) is 2.34. The van der Waals surface area contributed by atoms with Gasteiger partial charge in [0.2, 0.25) is 0 Å². The molecule has 0 spiro atoms. The van der Waals surface area contributed by atoms with Gasteiger partial charge in [0.1, 0.15) is 5.75 Å². The summed E-state index contributed by atoms with van der Waals surface area (Å²) in [5.41, 5.74) is 7.92. The number of pyridine rings is 1. The number of hydrogen-bond acceptors (Lipinski definition) is 4. The number of nitrogens with two attached hydrogens (primary N) is 1. The third kappa shape index (κ3) is 4.29. The SMILES string of the molecule is COc1cccc(CCNC(=O)c2ccnc(CN)c2)c1. The van der Waals surface area contributed by atoms with Gasteiger partial charge in [0.05, 0.1) is 12.8 Å². The highest BCUT2D eigenvalue weighted by molar-refractivity contribution is 5.94. The fourth-order valence-corrected chi connectivity index (χ4v) is 1.98. The predicted molar refractivity (Wildman–Crippen MR) is 81.2 cm³/mol. The lowest BCUT2D eigenvalue weighted by molar-refractivity contribution is 0.0954. The standard InChI is InChI=1S/C16H19N3O2/c1-21-15-4-2-3-12(9-15)5-7-19-16(20)13-6-8-18-14(10-13)11-17/h2-4,6,8-10H,5,7,11,17H2,1H3,(H,19,20). The molecule has 0 fully saturated rings. The molecule has 0 bridgehead atoms. The van der Waals surface area contributed by atoms with Crippen molar-refractivity contribution >= 4 is 5.91 Å². The van der Waals surface area contributed by atoms with Crippen molar-refractivity contribution in [3.8, 4) is 5.75 Å². The molecule has 5 heteroatoms. The fourth-order valence-electron chi connectivity index (χ4n) is 1.98. The van der Waals surface area contributed by atoms with Gasteiger partial charge in [-0.25, -0.2) is 0 Å². The molecule has 5 nitrogen and oxygen atoms in total. The monoisotopic (exact) mass is 285 g/mol. The average Bonchev–Trinajstić information content (AvgIpc) is 2.55. The van der Waals surface area contributed by atoms with Crippen LogP contribution in [0.25, 0.3) is 0 Å². The summed E-state index contributed by atoms with van der Waals surface area (Å²) in [6.45, 7) is 0.886. The molecule has 0 saturated carbocycles.